The van der Waals surface area contributed by atoms with Crippen LogP contribution < -0.4 is 0 Å². The Balaban J connectivity index is 1.87. The molecule has 0 spiro atoms. The average molecular weight is 212 g/mol. The Kier molecular flexibility index (Phi) is 1.99. The van der Waals surface area contributed by atoms with Gasteiger partial charge in [0.15, 0.2) is 0 Å². The Morgan fingerprint density at radius 3 is 2.40 bits per heavy atom. The van der Waals surface area contributed by atoms with E-state index in [0.29, 0.717) is 17.8 Å². The molecule has 0 heterocycles. The predicted molar refractivity (Wildman–Crippen MR) is 55.1 cm³/mol. The minimum Gasteiger partial charge on any atom is -0.396 e. The van der Waals surface area contributed by atoms with Gasteiger partial charge in [0, 0.05) is 5.41 Å². The van der Waals surface area contributed by atoms with E-state index >= 15 is 0 Å². The van der Waals surface area contributed by atoms with Crippen molar-refractivity contribution in [2.24, 2.45) is 23.2 Å². The topological polar surface area (TPSA) is 60.7 Å². The second-order valence-corrected chi connectivity index (χ2v) is 6.10. The monoisotopic (exact) mass is 212 g/mol. The summed E-state index contributed by atoms with van der Waals surface area (Å²) in [6, 6.07) is 0. The molecule has 2 bridgehead atoms. The van der Waals surface area contributed by atoms with E-state index in [2.05, 4.69) is 0 Å². The molecule has 0 saturated heterocycles. The smallest absolute Gasteiger partial charge is 0.0681 e. The van der Waals surface area contributed by atoms with Crippen molar-refractivity contribution in [3.05, 3.63) is 0 Å². The lowest BCUT2D eigenvalue weighted by Gasteiger charge is -2.31. The summed E-state index contributed by atoms with van der Waals surface area (Å²) in [5.41, 5.74) is -0.756. The molecule has 4 unspecified atom stereocenters. The summed E-state index contributed by atoms with van der Waals surface area (Å²) in [5.74, 6) is 1.55. The van der Waals surface area contributed by atoms with E-state index in [1.807, 2.05) is 0 Å². The number of aliphatic hydroxyl groups excluding tert-OH is 2. The van der Waals surface area contributed by atoms with Gasteiger partial charge in [-0.25, -0.2) is 0 Å². The molecule has 3 saturated carbocycles. The van der Waals surface area contributed by atoms with Crippen LogP contribution in [0.15, 0.2) is 0 Å². The van der Waals surface area contributed by atoms with Gasteiger partial charge in [-0.15, -0.1) is 0 Å². The normalized spacial score (nSPS) is 51.0. The van der Waals surface area contributed by atoms with Gasteiger partial charge in [-0.2, -0.15) is 0 Å². The number of hydrogen-bond donors (Lipinski definition) is 3. The highest BCUT2D eigenvalue weighted by atomic mass is 16.3. The SMILES string of the molecule is OCC1(CO)CC2C3CCC(O)(C3)C2C1. The molecule has 0 aliphatic heterocycles. The number of aliphatic hydroxyl groups is 3. The fraction of sp³-hybridized carbons (Fsp3) is 1.00. The summed E-state index contributed by atoms with van der Waals surface area (Å²) in [4.78, 5) is 0. The molecule has 0 amide bonds. The minimum atomic E-state index is -0.457. The third kappa shape index (κ3) is 1.17. The molecule has 3 aliphatic carbocycles. The zero-order valence-corrected chi connectivity index (χ0v) is 9.02. The van der Waals surface area contributed by atoms with Crippen molar-refractivity contribution < 1.29 is 15.3 Å². The highest BCUT2D eigenvalue weighted by Crippen LogP contribution is 2.64. The minimum absolute atomic E-state index is 0.0688. The van der Waals surface area contributed by atoms with E-state index < -0.39 is 5.60 Å². The molecular formula is C12H20O3. The van der Waals surface area contributed by atoms with Crippen LogP contribution in [0.5, 0.6) is 0 Å². The molecule has 0 aromatic heterocycles. The van der Waals surface area contributed by atoms with Crippen molar-refractivity contribution in [3.8, 4) is 0 Å². The number of fused-ring (bicyclic) bond motifs is 5. The third-order valence-corrected chi connectivity index (χ3v) is 5.37. The molecule has 3 rings (SSSR count). The van der Waals surface area contributed by atoms with E-state index in [-0.39, 0.29) is 18.6 Å². The lowest BCUT2D eigenvalue weighted by molar-refractivity contribution is -0.0177. The van der Waals surface area contributed by atoms with Crippen molar-refractivity contribution in [1.82, 2.24) is 0 Å². The quantitative estimate of drug-likeness (QED) is 0.625. The van der Waals surface area contributed by atoms with E-state index in [1.54, 1.807) is 0 Å². The van der Waals surface area contributed by atoms with Crippen LogP contribution in [0.2, 0.25) is 0 Å². The van der Waals surface area contributed by atoms with Gasteiger partial charge < -0.3 is 15.3 Å². The molecule has 15 heavy (non-hydrogen) atoms. The number of hydrogen-bond acceptors (Lipinski definition) is 3. The van der Waals surface area contributed by atoms with Crippen LogP contribution in [0.3, 0.4) is 0 Å². The molecule has 4 atom stereocenters. The molecule has 3 heteroatoms. The maximum absolute atomic E-state index is 10.5. The van der Waals surface area contributed by atoms with Crippen molar-refractivity contribution in [3.63, 3.8) is 0 Å². The van der Waals surface area contributed by atoms with Gasteiger partial charge in [-0.05, 0) is 49.9 Å². The molecule has 0 radical (unpaired) electrons. The summed E-state index contributed by atoms with van der Waals surface area (Å²) in [6.07, 6.45) is 4.78. The fourth-order valence-electron chi connectivity index (χ4n) is 4.53. The van der Waals surface area contributed by atoms with Gasteiger partial charge in [0.2, 0.25) is 0 Å². The van der Waals surface area contributed by atoms with Crippen LogP contribution in [0.1, 0.15) is 32.1 Å². The first-order chi connectivity index (χ1) is 7.12. The van der Waals surface area contributed by atoms with Crippen LogP contribution in [0, 0.1) is 23.2 Å². The van der Waals surface area contributed by atoms with Crippen molar-refractivity contribution >= 4 is 0 Å². The molecular weight excluding hydrogens is 192 g/mol. The molecule has 3 fully saturated rings. The van der Waals surface area contributed by atoms with Gasteiger partial charge in [0.1, 0.15) is 0 Å². The fourth-order valence-corrected chi connectivity index (χ4v) is 4.53. The van der Waals surface area contributed by atoms with Crippen LogP contribution in [-0.4, -0.2) is 34.1 Å². The second kappa shape index (κ2) is 2.96. The largest absolute Gasteiger partial charge is 0.396 e. The highest BCUT2D eigenvalue weighted by molar-refractivity contribution is 5.13. The first-order valence-electron chi connectivity index (χ1n) is 6.07. The van der Waals surface area contributed by atoms with Crippen LogP contribution in [-0.2, 0) is 0 Å². The van der Waals surface area contributed by atoms with Crippen LogP contribution >= 0.6 is 0 Å². The first-order valence-corrected chi connectivity index (χ1v) is 6.07. The molecule has 3 aliphatic rings. The van der Waals surface area contributed by atoms with Gasteiger partial charge in [0.25, 0.3) is 0 Å². The zero-order chi connectivity index (χ0) is 10.7. The van der Waals surface area contributed by atoms with Gasteiger partial charge in [-0.3, -0.25) is 0 Å². The Hall–Kier alpha value is -0.120. The van der Waals surface area contributed by atoms with E-state index in [4.69, 9.17) is 0 Å². The van der Waals surface area contributed by atoms with E-state index in [0.717, 1.165) is 32.1 Å². The number of rotatable bonds is 2. The standard InChI is InChI=1S/C12H20O3/c13-6-11(7-14)4-9-8-1-2-12(15,3-8)10(9)5-11/h8-10,13-15H,1-7H2. The summed E-state index contributed by atoms with van der Waals surface area (Å²) in [5, 5.41) is 29.3. The Morgan fingerprint density at radius 1 is 1.07 bits per heavy atom. The molecule has 3 nitrogen and oxygen atoms in total. The zero-order valence-electron chi connectivity index (χ0n) is 9.02. The summed E-state index contributed by atoms with van der Waals surface area (Å²) in [6.45, 7) is 0.138. The predicted octanol–water partition coefficient (Wildman–Crippen LogP) is 0.528. The lowest BCUT2D eigenvalue weighted by Crippen LogP contribution is -2.35. The van der Waals surface area contributed by atoms with Crippen molar-refractivity contribution in [1.29, 1.82) is 0 Å². The first kappa shape index (κ1) is 10.1. The van der Waals surface area contributed by atoms with Gasteiger partial charge in [0.05, 0.1) is 18.8 Å². The van der Waals surface area contributed by atoms with Crippen molar-refractivity contribution in [2.75, 3.05) is 13.2 Å². The second-order valence-electron chi connectivity index (χ2n) is 6.10. The van der Waals surface area contributed by atoms with Gasteiger partial charge in [-0.1, -0.05) is 0 Å². The van der Waals surface area contributed by atoms with Crippen LogP contribution in [0.25, 0.3) is 0 Å². The molecule has 0 aromatic rings. The maximum atomic E-state index is 10.5. The molecule has 3 N–H and O–H groups in total. The van der Waals surface area contributed by atoms with Crippen LogP contribution in [0.4, 0.5) is 0 Å². The highest BCUT2D eigenvalue weighted by Gasteiger charge is 2.62. The summed E-state index contributed by atoms with van der Waals surface area (Å²) < 4.78 is 0. The van der Waals surface area contributed by atoms with Crippen molar-refractivity contribution in [2.45, 2.75) is 37.7 Å². The van der Waals surface area contributed by atoms with Gasteiger partial charge >= 0.3 is 0 Å². The Morgan fingerprint density at radius 2 is 1.80 bits per heavy atom. The van der Waals surface area contributed by atoms with E-state index in [1.165, 1.54) is 0 Å². The molecule has 86 valence electrons. The average Bonchev–Trinajstić information content (AvgIpc) is 2.85. The molecule has 0 aromatic carbocycles. The third-order valence-electron chi connectivity index (χ3n) is 5.37. The summed E-state index contributed by atoms with van der Waals surface area (Å²) in [7, 11) is 0. The Bertz CT molecular complexity index is 274. The lowest BCUT2D eigenvalue weighted by atomic mass is 9.79. The Labute approximate surface area is 90.1 Å². The summed E-state index contributed by atoms with van der Waals surface area (Å²) >= 11 is 0. The van der Waals surface area contributed by atoms with E-state index in [9.17, 15) is 15.3 Å². The maximum Gasteiger partial charge on any atom is 0.0681 e.